The number of hydrogen-bond acceptors (Lipinski definition) is 2. The summed E-state index contributed by atoms with van der Waals surface area (Å²) in [7, 11) is 0. The van der Waals surface area contributed by atoms with E-state index in [2.05, 4.69) is 0 Å². The van der Waals surface area contributed by atoms with Crippen LogP contribution in [0.1, 0.15) is 6.42 Å². The molecule has 2 nitrogen and oxygen atoms in total. The molecule has 8 atom stereocenters. The highest BCUT2D eigenvalue weighted by atomic mass is 35.5. The number of halogens is 6. The molecule has 0 radical (unpaired) electrons. The monoisotopic (exact) mass is 444 g/mol. The van der Waals surface area contributed by atoms with Crippen molar-refractivity contribution in [1.82, 2.24) is 0 Å². The lowest BCUT2D eigenvalue weighted by molar-refractivity contribution is -0.147. The zero-order valence-electron chi connectivity index (χ0n) is 11.9. The minimum atomic E-state index is -1.21. The Morgan fingerprint density at radius 1 is 0.792 bits per heavy atom. The van der Waals surface area contributed by atoms with E-state index in [1.807, 2.05) is 12.2 Å². The maximum atomic E-state index is 13.3. The van der Waals surface area contributed by atoms with E-state index in [0.717, 1.165) is 0 Å². The van der Waals surface area contributed by atoms with Gasteiger partial charge in [-0.15, -0.1) is 46.4 Å². The minimum absolute atomic E-state index is 0.119. The normalized spacial score (nSPS) is 56.2. The molecule has 5 aliphatic carbocycles. The van der Waals surface area contributed by atoms with Gasteiger partial charge in [0.15, 0.2) is 0 Å². The molecule has 8 heteroatoms. The van der Waals surface area contributed by atoms with Crippen LogP contribution in [0.25, 0.3) is 0 Å². The summed E-state index contributed by atoms with van der Waals surface area (Å²) in [6.07, 6.45) is 3.86. The lowest BCUT2D eigenvalue weighted by Gasteiger charge is -2.44. The molecule has 5 rings (SSSR count). The van der Waals surface area contributed by atoms with Gasteiger partial charge in [-0.05, 0) is 6.42 Å². The molecule has 0 spiro atoms. The standard InChI is InChI=1S/C16H10Cl6O2/c17-12-13(18)15(20)3-14(12,19)8-9(15)11(24)7-5-2-1-4(16(5,21)22)6(7)10(8)23/h1-2,4-9H,3H2. The molecule has 5 aliphatic rings. The van der Waals surface area contributed by atoms with Crippen LogP contribution in [-0.4, -0.2) is 25.6 Å². The van der Waals surface area contributed by atoms with Crippen LogP contribution in [0.4, 0.5) is 0 Å². The molecule has 128 valence electrons. The number of allylic oxidation sites excluding steroid dienone is 4. The van der Waals surface area contributed by atoms with Crippen LogP contribution in [0, 0.1) is 35.5 Å². The lowest BCUT2D eigenvalue weighted by atomic mass is 9.60. The van der Waals surface area contributed by atoms with Crippen LogP contribution in [0.3, 0.4) is 0 Å². The summed E-state index contributed by atoms with van der Waals surface area (Å²) in [5.74, 6) is -3.72. The summed E-state index contributed by atoms with van der Waals surface area (Å²) < 4.78 is -1.15. The Labute approximate surface area is 168 Å². The van der Waals surface area contributed by atoms with Crippen molar-refractivity contribution in [3.63, 3.8) is 0 Å². The minimum Gasteiger partial charge on any atom is -0.299 e. The van der Waals surface area contributed by atoms with E-state index < -0.39 is 49.6 Å². The summed E-state index contributed by atoms with van der Waals surface area (Å²) >= 11 is 39.0. The van der Waals surface area contributed by atoms with E-state index in [4.69, 9.17) is 69.6 Å². The van der Waals surface area contributed by atoms with Crippen molar-refractivity contribution in [2.75, 3.05) is 0 Å². The van der Waals surface area contributed by atoms with Gasteiger partial charge in [0.25, 0.3) is 0 Å². The highest BCUT2D eigenvalue weighted by Gasteiger charge is 2.78. The summed E-state index contributed by atoms with van der Waals surface area (Å²) in [6, 6.07) is 0. The molecule has 0 aromatic heterocycles. The summed E-state index contributed by atoms with van der Waals surface area (Å²) in [5, 5.41) is 0.367. The van der Waals surface area contributed by atoms with Gasteiger partial charge in [0.2, 0.25) is 0 Å². The number of Topliss-reactive ketones (excluding diaryl/α,β-unsaturated/α-hetero) is 2. The molecule has 3 fully saturated rings. The number of hydrogen-bond donors (Lipinski definition) is 0. The van der Waals surface area contributed by atoms with Crippen molar-refractivity contribution in [3.8, 4) is 0 Å². The van der Waals surface area contributed by atoms with Crippen molar-refractivity contribution in [1.29, 1.82) is 0 Å². The number of carbonyl (C=O) groups is 2. The molecule has 0 saturated heterocycles. The van der Waals surface area contributed by atoms with Gasteiger partial charge in [-0.3, -0.25) is 9.59 Å². The number of ketones is 2. The lowest BCUT2D eigenvalue weighted by Crippen LogP contribution is -2.56. The van der Waals surface area contributed by atoms with E-state index in [1.54, 1.807) is 0 Å². The molecule has 8 unspecified atom stereocenters. The predicted octanol–water partition coefficient (Wildman–Crippen LogP) is 4.65. The quantitative estimate of drug-likeness (QED) is 0.401. The fourth-order valence-electron chi connectivity index (χ4n) is 5.70. The Morgan fingerprint density at radius 2 is 1.17 bits per heavy atom. The van der Waals surface area contributed by atoms with Crippen LogP contribution in [-0.2, 0) is 9.59 Å². The maximum Gasteiger partial charge on any atom is 0.143 e. The van der Waals surface area contributed by atoms with E-state index in [-0.39, 0.29) is 28.1 Å². The first-order valence-electron chi connectivity index (χ1n) is 7.64. The summed E-state index contributed by atoms with van der Waals surface area (Å²) in [6.45, 7) is 0. The topological polar surface area (TPSA) is 34.1 Å². The highest BCUT2D eigenvalue weighted by molar-refractivity contribution is 6.53. The number of rotatable bonds is 0. The second kappa shape index (κ2) is 4.51. The van der Waals surface area contributed by atoms with Crippen molar-refractivity contribution in [2.45, 2.75) is 20.5 Å². The van der Waals surface area contributed by atoms with Crippen molar-refractivity contribution in [3.05, 3.63) is 22.2 Å². The number of carbonyl (C=O) groups excluding carboxylic acids is 2. The molecule has 0 heterocycles. The predicted molar refractivity (Wildman–Crippen MR) is 95.0 cm³/mol. The van der Waals surface area contributed by atoms with Gasteiger partial charge in [0.1, 0.15) is 15.9 Å². The maximum absolute atomic E-state index is 13.3. The Balaban J connectivity index is 1.71. The van der Waals surface area contributed by atoms with Gasteiger partial charge in [-0.25, -0.2) is 0 Å². The van der Waals surface area contributed by atoms with Crippen molar-refractivity contribution in [2.24, 2.45) is 35.5 Å². The molecule has 3 saturated carbocycles. The number of alkyl halides is 4. The SMILES string of the molecule is O=C1C2C(C(=O)C3C1C1(Cl)CC3(Cl)C(Cl)=C1Cl)C1C=CC2C1(Cl)Cl. The van der Waals surface area contributed by atoms with Crippen molar-refractivity contribution >= 4 is 81.2 Å². The van der Waals surface area contributed by atoms with Gasteiger partial charge in [-0.1, -0.05) is 35.4 Å². The van der Waals surface area contributed by atoms with Gasteiger partial charge in [0, 0.05) is 23.7 Å². The second-order valence-electron chi connectivity index (χ2n) is 7.45. The third kappa shape index (κ3) is 1.50. The van der Waals surface area contributed by atoms with E-state index in [9.17, 15) is 9.59 Å². The molecule has 24 heavy (non-hydrogen) atoms. The first-order valence-corrected chi connectivity index (χ1v) is 9.91. The fraction of sp³-hybridized carbons (Fsp3) is 0.625. The van der Waals surface area contributed by atoms with Gasteiger partial charge >= 0.3 is 0 Å². The van der Waals surface area contributed by atoms with Crippen LogP contribution >= 0.6 is 69.6 Å². The van der Waals surface area contributed by atoms with Crippen LogP contribution in [0.2, 0.25) is 0 Å². The Morgan fingerprint density at radius 3 is 1.54 bits per heavy atom. The zero-order valence-corrected chi connectivity index (χ0v) is 16.4. The zero-order chi connectivity index (χ0) is 17.4. The largest absolute Gasteiger partial charge is 0.299 e. The van der Waals surface area contributed by atoms with E-state index in [0.29, 0.717) is 0 Å². The molecule has 0 amide bonds. The molecule has 0 aromatic rings. The molecule has 0 aromatic carbocycles. The van der Waals surface area contributed by atoms with Crippen LogP contribution in [0.15, 0.2) is 22.2 Å². The Hall–Kier alpha value is 0.560. The highest BCUT2D eigenvalue weighted by Crippen LogP contribution is 2.73. The average Bonchev–Trinajstić information content (AvgIpc) is 3.09. The number of fused-ring (bicyclic) bond motifs is 10. The molecular formula is C16H10Cl6O2. The smallest absolute Gasteiger partial charge is 0.143 e. The first-order chi connectivity index (χ1) is 11.1. The Kier molecular flexibility index (Phi) is 3.14. The first kappa shape index (κ1) is 16.7. The van der Waals surface area contributed by atoms with Gasteiger partial charge in [0.05, 0.1) is 31.6 Å². The fourth-order valence-corrected chi connectivity index (χ4v) is 8.48. The third-order valence-corrected chi connectivity index (χ3v) is 10.1. The van der Waals surface area contributed by atoms with Crippen LogP contribution < -0.4 is 0 Å². The molecule has 0 N–H and O–H groups in total. The Bertz CT molecular complexity index is 727. The molecular weight excluding hydrogens is 437 g/mol. The summed E-state index contributed by atoms with van der Waals surface area (Å²) in [5.41, 5.74) is 0. The second-order valence-corrected chi connectivity index (χ2v) is 11.0. The van der Waals surface area contributed by atoms with Gasteiger partial charge in [-0.2, -0.15) is 0 Å². The summed E-state index contributed by atoms with van der Waals surface area (Å²) in [4.78, 5) is 24.2. The van der Waals surface area contributed by atoms with Crippen LogP contribution in [0.5, 0.6) is 0 Å². The van der Waals surface area contributed by atoms with Gasteiger partial charge < -0.3 is 0 Å². The third-order valence-electron chi connectivity index (χ3n) is 6.60. The van der Waals surface area contributed by atoms with E-state index in [1.165, 1.54) is 0 Å². The van der Waals surface area contributed by atoms with Crippen molar-refractivity contribution < 1.29 is 9.59 Å². The van der Waals surface area contributed by atoms with E-state index >= 15 is 0 Å². The average molecular weight is 447 g/mol. The molecule has 0 aliphatic heterocycles. The molecule has 4 bridgehead atoms.